The van der Waals surface area contributed by atoms with Gasteiger partial charge in [0.2, 0.25) is 0 Å². The van der Waals surface area contributed by atoms with Crippen molar-refractivity contribution in [2.45, 2.75) is 59.7 Å². The standard InChI is InChI=1S/C29H35F3N2O3/c1-19(2)14-15-22-26(21-10-5-7-12-24(21)34(28(22)36)18-20(3)4)27(35)33-16-9-17-37-25-13-8-6-11-23(25)29(30,31)32/h5-8,10-13,19-20H,9,14-18H2,1-4H3,(H,33,35). The molecule has 37 heavy (non-hydrogen) atoms. The molecule has 0 radical (unpaired) electrons. The normalized spacial score (nSPS) is 11.9. The number of hydrogen-bond acceptors (Lipinski definition) is 3. The molecule has 200 valence electrons. The number of aromatic nitrogens is 1. The van der Waals surface area contributed by atoms with E-state index in [0.717, 1.165) is 17.9 Å². The average molecular weight is 517 g/mol. The molecule has 0 aliphatic heterocycles. The van der Waals surface area contributed by atoms with Crippen molar-refractivity contribution in [3.05, 3.63) is 75.6 Å². The number of carbonyl (C=O) groups excluding carboxylic acids is 1. The Morgan fingerprint density at radius 3 is 2.35 bits per heavy atom. The van der Waals surface area contributed by atoms with Gasteiger partial charge in [0.15, 0.2) is 0 Å². The number of amides is 1. The fourth-order valence-electron chi connectivity index (χ4n) is 4.30. The molecule has 1 N–H and O–H groups in total. The van der Waals surface area contributed by atoms with E-state index in [0.29, 0.717) is 41.9 Å². The van der Waals surface area contributed by atoms with Gasteiger partial charge in [0, 0.05) is 24.0 Å². The molecule has 0 aliphatic rings. The first-order chi connectivity index (χ1) is 17.5. The molecule has 2 aromatic carbocycles. The highest BCUT2D eigenvalue weighted by Gasteiger charge is 2.34. The van der Waals surface area contributed by atoms with Gasteiger partial charge < -0.3 is 14.6 Å². The summed E-state index contributed by atoms with van der Waals surface area (Å²) in [7, 11) is 0. The predicted octanol–water partition coefficient (Wildman–Crippen LogP) is 6.46. The summed E-state index contributed by atoms with van der Waals surface area (Å²) < 4.78 is 46.6. The van der Waals surface area contributed by atoms with E-state index in [1.54, 1.807) is 4.57 Å². The minimum Gasteiger partial charge on any atom is -0.493 e. The van der Waals surface area contributed by atoms with Crippen LogP contribution in [0.5, 0.6) is 5.75 Å². The van der Waals surface area contributed by atoms with Crippen LogP contribution < -0.4 is 15.6 Å². The summed E-state index contributed by atoms with van der Waals surface area (Å²) in [5, 5.41) is 3.57. The van der Waals surface area contributed by atoms with E-state index >= 15 is 0 Å². The first-order valence-electron chi connectivity index (χ1n) is 12.7. The topological polar surface area (TPSA) is 60.3 Å². The molecule has 0 bridgehead atoms. The van der Waals surface area contributed by atoms with Crippen LogP contribution in [0.1, 0.15) is 62.0 Å². The number of rotatable bonds is 11. The molecular weight excluding hydrogens is 481 g/mol. The predicted molar refractivity (Wildman–Crippen MR) is 140 cm³/mol. The van der Waals surface area contributed by atoms with Crippen LogP contribution in [-0.4, -0.2) is 23.6 Å². The van der Waals surface area contributed by atoms with Gasteiger partial charge in [-0.25, -0.2) is 0 Å². The highest BCUT2D eigenvalue weighted by Crippen LogP contribution is 2.35. The maximum absolute atomic E-state index is 13.6. The quantitative estimate of drug-likeness (QED) is 0.298. The van der Waals surface area contributed by atoms with Gasteiger partial charge in [-0.1, -0.05) is 58.0 Å². The van der Waals surface area contributed by atoms with Gasteiger partial charge in [-0.3, -0.25) is 9.59 Å². The van der Waals surface area contributed by atoms with Crippen LogP contribution in [0.3, 0.4) is 0 Å². The number of nitrogens with one attached hydrogen (secondary N) is 1. The zero-order valence-electron chi connectivity index (χ0n) is 21.8. The average Bonchev–Trinajstić information content (AvgIpc) is 2.83. The van der Waals surface area contributed by atoms with Crippen LogP contribution in [0.2, 0.25) is 0 Å². The van der Waals surface area contributed by atoms with Gasteiger partial charge >= 0.3 is 6.18 Å². The number of halogens is 3. The van der Waals surface area contributed by atoms with E-state index in [1.807, 2.05) is 38.1 Å². The molecule has 0 aliphatic carbocycles. The van der Waals surface area contributed by atoms with E-state index in [1.165, 1.54) is 18.2 Å². The van der Waals surface area contributed by atoms with Crippen molar-refractivity contribution in [2.75, 3.05) is 13.2 Å². The smallest absolute Gasteiger partial charge is 0.419 e. The van der Waals surface area contributed by atoms with Crippen molar-refractivity contribution in [3.63, 3.8) is 0 Å². The van der Waals surface area contributed by atoms with Gasteiger partial charge in [0.25, 0.3) is 11.5 Å². The summed E-state index contributed by atoms with van der Waals surface area (Å²) in [6, 6.07) is 12.5. The maximum atomic E-state index is 13.6. The molecule has 0 spiro atoms. The fraction of sp³-hybridized carbons (Fsp3) is 0.448. The molecule has 0 saturated carbocycles. The lowest BCUT2D eigenvalue weighted by Gasteiger charge is -2.19. The van der Waals surface area contributed by atoms with Crippen molar-refractivity contribution >= 4 is 16.8 Å². The highest BCUT2D eigenvalue weighted by atomic mass is 19.4. The number of ether oxygens (including phenoxy) is 1. The van der Waals surface area contributed by atoms with Gasteiger partial charge in [-0.05, 0) is 49.3 Å². The molecule has 1 amide bonds. The summed E-state index contributed by atoms with van der Waals surface area (Å²) in [4.78, 5) is 27.0. The molecule has 0 fully saturated rings. The fourth-order valence-corrected chi connectivity index (χ4v) is 4.30. The van der Waals surface area contributed by atoms with Crippen LogP contribution in [0.15, 0.2) is 53.3 Å². The number of carbonyl (C=O) groups is 1. The highest BCUT2D eigenvalue weighted by molar-refractivity contribution is 6.07. The number of fused-ring (bicyclic) bond motifs is 1. The van der Waals surface area contributed by atoms with E-state index in [9.17, 15) is 22.8 Å². The molecule has 1 aromatic heterocycles. The lowest BCUT2D eigenvalue weighted by molar-refractivity contribution is -0.138. The second-order valence-corrected chi connectivity index (χ2v) is 10.1. The molecule has 0 unspecified atom stereocenters. The molecule has 0 saturated heterocycles. The maximum Gasteiger partial charge on any atom is 0.419 e. The summed E-state index contributed by atoms with van der Waals surface area (Å²) >= 11 is 0. The molecule has 0 atom stereocenters. The van der Waals surface area contributed by atoms with Crippen molar-refractivity contribution in [2.24, 2.45) is 11.8 Å². The van der Waals surface area contributed by atoms with E-state index < -0.39 is 11.7 Å². The van der Waals surface area contributed by atoms with Crippen LogP contribution >= 0.6 is 0 Å². The minimum absolute atomic E-state index is 0.00428. The Labute approximate surface area is 215 Å². The zero-order valence-corrected chi connectivity index (χ0v) is 21.8. The van der Waals surface area contributed by atoms with Crippen LogP contribution in [-0.2, 0) is 19.1 Å². The Bertz CT molecular complexity index is 1280. The number of alkyl halides is 3. The largest absolute Gasteiger partial charge is 0.493 e. The van der Waals surface area contributed by atoms with E-state index in [-0.39, 0.29) is 36.3 Å². The second-order valence-electron chi connectivity index (χ2n) is 10.1. The molecule has 3 rings (SSSR count). The second kappa shape index (κ2) is 12.3. The van der Waals surface area contributed by atoms with Gasteiger partial charge in [-0.15, -0.1) is 0 Å². The summed E-state index contributed by atoms with van der Waals surface area (Å²) in [6.45, 7) is 8.99. The molecule has 3 aromatic rings. The van der Waals surface area contributed by atoms with Crippen molar-refractivity contribution in [3.8, 4) is 5.75 Å². The molecule has 1 heterocycles. The first kappa shape index (κ1) is 28.3. The van der Waals surface area contributed by atoms with Gasteiger partial charge in [0.05, 0.1) is 23.3 Å². The van der Waals surface area contributed by atoms with Crippen LogP contribution in [0.4, 0.5) is 13.2 Å². The number of para-hydroxylation sites is 2. The van der Waals surface area contributed by atoms with Crippen LogP contribution in [0, 0.1) is 11.8 Å². The number of nitrogens with zero attached hydrogens (tertiary/aromatic N) is 1. The summed E-state index contributed by atoms with van der Waals surface area (Å²) in [5.74, 6) is 0.00904. The third-order valence-electron chi connectivity index (χ3n) is 6.07. The lowest BCUT2D eigenvalue weighted by Crippen LogP contribution is -2.33. The van der Waals surface area contributed by atoms with Gasteiger partial charge in [0.1, 0.15) is 5.75 Å². The SMILES string of the molecule is CC(C)CCc1c(C(=O)NCCCOc2ccccc2C(F)(F)F)c2ccccc2n(CC(C)C)c1=O. The number of hydrogen-bond donors (Lipinski definition) is 1. The zero-order chi connectivity index (χ0) is 27.2. The Kier molecular flexibility index (Phi) is 9.40. The lowest BCUT2D eigenvalue weighted by atomic mass is 9.95. The monoisotopic (exact) mass is 516 g/mol. The Hall–Kier alpha value is -3.29. The van der Waals surface area contributed by atoms with Crippen molar-refractivity contribution in [1.82, 2.24) is 9.88 Å². The van der Waals surface area contributed by atoms with E-state index in [2.05, 4.69) is 19.2 Å². The number of benzene rings is 2. The third kappa shape index (κ3) is 7.14. The van der Waals surface area contributed by atoms with Crippen LogP contribution in [0.25, 0.3) is 10.9 Å². The summed E-state index contributed by atoms with van der Waals surface area (Å²) in [6.07, 6.45) is -2.95. The van der Waals surface area contributed by atoms with Crippen molar-refractivity contribution in [1.29, 1.82) is 0 Å². The summed E-state index contributed by atoms with van der Waals surface area (Å²) in [5.41, 5.74) is 0.616. The molecule has 5 nitrogen and oxygen atoms in total. The molecular formula is C29H35F3N2O3. The first-order valence-corrected chi connectivity index (χ1v) is 12.7. The Morgan fingerprint density at radius 2 is 1.68 bits per heavy atom. The Morgan fingerprint density at radius 1 is 1.00 bits per heavy atom. The number of pyridine rings is 1. The van der Waals surface area contributed by atoms with Gasteiger partial charge in [-0.2, -0.15) is 13.2 Å². The Balaban J connectivity index is 1.81. The van der Waals surface area contributed by atoms with Crippen molar-refractivity contribution < 1.29 is 22.7 Å². The molecule has 8 heteroatoms. The third-order valence-corrected chi connectivity index (χ3v) is 6.07. The van der Waals surface area contributed by atoms with E-state index in [4.69, 9.17) is 4.74 Å². The minimum atomic E-state index is -4.51.